The van der Waals surface area contributed by atoms with Crippen LogP contribution in [0.5, 0.6) is 0 Å². The molecule has 1 aromatic heterocycles. The Bertz CT molecular complexity index is 398. The molecule has 2 aliphatic rings. The van der Waals surface area contributed by atoms with Crippen molar-refractivity contribution in [1.29, 1.82) is 0 Å². The second kappa shape index (κ2) is 5.90. The largest absolute Gasteiger partial charge is 0.317 e. The first-order chi connectivity index (χ1) is 9.34. The van der Waals surface area contributed by atoms with E-state index in [0.29, 0.717) is 0 Å². The maximum absolute atomic E-state index is 5.03. The smallest absolute Gasteiger partial charge is 0.113 e. The summed E-state index contributed by atoms with van der Waals surface area (Å²) in [5.74, 6) is 0. The van der Waals surface area contributed by atoms with Gasteiger partial charge in [0.05, 0.1) is 11.2 Å². The van der Waals surface area contributed by atoms with Gasteiger partial charge in [-0.05, 0) is 64.6 Å². The van der Waals surface area contributed by atoms with Gasteiger partial charge in [-0.15, -0.1) is 11.3 Å². The number of thiazole rings is 1. The molecule has 0 amide bonds. The van der Waals surface area contributed by atoms with Crippen molar-refractivity contribution in [3.8, 4) is 0 Å². The Morgan fingerprint density at radius 1 is 1.26 bits per heavy atom. The summed E-state index contributed by atoms with van der Waals surface area (Å²) in [6, 6.07) is 0. The summed E-state index contributed by atoms with van der Waals surface area (Å²) in [5.41, 5.74) is 1.56. The maximum atomic E-state index is 5.03. The summed E-state index contributed by atoms with van der Waals surface area (Å²) < 4.78 is 0. The van der Waals surface area contributed by atoms with Crippen LogP contribution in [0, 0.1) is 0 Å². The van der Waals surface area contributed by atoms with Gasteiger partial charge >= 0.3 is 0 Å². The summed E-state index contributed by atoms with van der Waals surface area (Å²) in [6.07, 6.45) is 8.70. The highest BCUT2D eigenvalue weighted by Crippen LogP contribution is 2.37. The Kier molecular flexibility index (Phi) is 4.20. The number of aromatic nitrogens is 1. The van der Waals surface area contributed by atoms with Crippen molar-refractivity contribution in [3.05, 3.63) is 15.6 Å². The molecule has 106 valence electrons. The van der Waals surface area contributed by atoms with Crippen molar-refractivity contribution < 1.29 is 0 Å². The zero-order valence-electron chi connectivity index (χ0n) is 11.9. The van der Waals surface area contributed by atoms with Crippen LogP contribution in [0.4, 0.5) is 0 Å². The van der Waals surface area contributed by atoms with E-state index in [4.69, 9.17) is 4.98 Å². The molecule has 1 saturated heterocycles. The van der Waals surface area contributed by atoms with E-state index in [9.17, 15) is 0 Å². The normalized spacial score (nSPS) is 22.2. The van der Waals surface area contributed by atoms with E-state index >= 15 is 0 Å². The molecule has 0 bridgehead atoms. The molecule has 3 rings (SSSR count). The van der Waals surface area contributed by atoms with E-state index < -0.39 is 0 Å². The van der Waals surface area contributed by atoms with E-state index in [1.807, 2.05) is 11.3 Å². The lowest BCUT2D eigenvalue weighted by molar-refractivity contribution is 0.245. The van der Waals surface area contributed by atoms with Crippen LogP contribution in [0.2, 0.25) is 0 Å². The molecule has 0 unspecified atom stereocenters. The summed E-state index contributed by atoms with van der Waals surface area (Å²) in [5, 5.41) is 8.67. The van der Waals surface area contributed by atoms with Crippen LogP contribution >= 0.6 is 11.3 Å². The summed E-state index contributed by atoms with van der Waals surface area (Å²) in [6.45, 7) is 5.57. The molecule has 0 saturated carbocycles. The number of nitrogens with one attached hydrogen (secondary N) is 2. The molecule has 19 heavy (non-hydrogen) atoms. The van der Waals surface area contributed by atoms with Crippen molar-refractivity contribution in [2.75, 3.05) is 19.6 Å². The first-order valence-corrected chi connectivity index (χ1v) is 8.60. The molecular formula is C15H25N3S. The third kappa shape index (κ3) is 2.71. The van der Waals surface area contributed by atoms with Gasteiger partial charge in [-0.3, -0.25) is 0 Å². The van der Waals surface area contributed by atoms with Gasteiger partial charge < -0.3 is 10.6 Å². The number of fused-ring (bicyclic) bond motifs is 1. The minimum absolute atomic E-state index is 0.156. The molecule has 1 aliphatic heterocycles. The lowest BCUT2D eigenvalue weighted by atomic mass is 9.88. The fourth-order valence-corrected chi connectivity index (χ4v) is 4.61. The van der Waals surface area contributed by atoms with Crippen LogP contribution in [-0.2, 0) is 18.4 Å². The lowest BCUT2D eigenvalue weighted by Gasteiger charge is -2.37. The van der Waals surface area contributed by atoms with Crippen molar-refractivity contribution in [1.82, 2.24) is 15.6 Å². The van der Waals surface area contributed by atoms with Gasteiger partial charge in [0.15, 0.2) is 0 Å². The zero-order valence-corrected chi connectivity index (χ0v) is 12.7. The van der Waals surface area contributed by atoms with Crippen molar-refractivity contribution in [2.45, 2.75) is 57.4 Å². The van der Waals surface area contributed by atoms with E-state index in [-0.39, 0.29) is 5.54 Å². The molecule has 2 heterocycles. The van der Waals surface area contributed by atoms with Gasteiger partial charge in [-0.1, -0.05) is 6.92 Å². The highest BCUT2D eigenvalue weighted by molar-refractivity contribution is 7.11. The molecular weight excluding hydrogens is 254 g/mol. The first-order valence-electron chi connectivity index (χ1n) is 7.79. The fourth-order valence-electron chi connectivity index (χ4n) is 3.24. The van der Waals surface area contributed by atoms with Crippen molar-refractivity contribution in [3.63, 3.8) is 0 Å². The highest BCUT2D eigenvalue weighted by Gasteiger charge is 2.37. The minimum Gasteiger partial charge on any atom is -0.317 e. The second-order valence-corrected chi connectivity index (χ2v) is 6.94. The van der Waals surface area contributed by atoms with E-state index in [0.717, 1.165) is 19.6 Å². The van der Waals surface area contributed by atoms with Crippen LogP contribution < -0.4 is 10.6 Å². The first kappa shape index (κ1) is 13.5. The summed E-state index contributed by atoms with van der Waals surface area (Å²) in [7, 11) is 0. The Morgan fingerprint density at radius 2 is 2.05 bits per heavy atom. The molecule has 4 heteroatoms. The van der Waals surface area contributed by atoms with Gasteiger partial charge in [-0.25, -0.2) is 4.98 Å². The van der Waals surface area contributed by atoms with Gasteiger partial charge in [0.25, 0.3) is 0 Å². The highest BCUT2D eigenvalue weighted by atomic mass is 32.1. The average molecular weight is 279 g/mol. The van der Waals surface area contributed by atoms with E-state index in [1.165, 1.54) is 55.6 Å². The Morgan fingerprint density at radius 3 is 2.79 bits per heavy atom. The predicted molar refractivity (Wildman–Crippen MR) is 80.8 cm³/mol. The van der Waals surface area contributed by atoms with Gasteiger partial charge in [-0.2, -0.15) is 0 Å². The van der Waals surface area contributed by atoms with E-state index in [1.54, 1.807) is 4.88 Å². The fraction of sp³-hybridized carbons (Fsp3) is 0.800. The number of rotatable bonds is 4. The third-order valence-corrected chi connectivity index (χ3v) is 5.79. The number of nitrogens with zero attached hydrogens (tertiary/aromatic N) is 1. The topological polar surface area (TPSA) is 37.0 Å². The standard InChI is InChI=1S/C15H25N3S/c1-2-9-17-15(7-10-16-11-8-15)14-18-12-5-3-4-6-13(12)19-14/h16-17H,2-11H2,1H3. The Hall–Kier alpha value is -0.450. The van der Waals surface area contributed by atoms with E-state index in [2.05, 4.69) is 17.6 Å². The Balaban J connectivity index is 1.87. The van der Waals surface area contributed by atoms with Crippen LogP contribution in [0.15, 0.2) is 0 Å². The average Bonchev–Trinajstić information content (AvgIpc) is 2.91. The van der Waals surface area contributed by atoms with Crippen LogP contribution in [0.1, 0.15) is 54.6 Å². The van der Waals surface area contributed by atoms with Crippen molar-refractivity contribution >= 4 is 11.3 Å². The molecule has 3 nitrogen and oxygen atoms in total. The van der Waals surface area contributed by atoms with Crippen LogP contribution in [-0.4, -0.2) is 24.6 Å². The van der Waals surface area contributed by atoms with Crippen LogP contribution in [0.25, 0.3) is 0 Å². The van der Waals surface area contributed by atoms with Crippen LogP contribution in [0.3, 0.4) is 0 Å². The monoisotopic (exact) mass is 279 g/mol. The number of aryl methyl sites for hydroxylation is 2. The molecule has 0 radical (unpaired) electrons. The zero-order chi connectivity index (χ0) is 13.1. The lowest BCUT2D eigenvalue weighted by Crippen LogP contribution is -2.50. The quantitative estimate of drug-likeness (QED) is 0.889. The van der Waals surface area contributed by atoms with Gasteiger partial charge in [0, 0.05) is 4.88 Å². The summed E-state index contributed by atoms with van der Waals surface area (Å²) >= 11 is 1.99. The second-order valence-electron chi connectivity index (χ2n) is 5.85. The molecule has 0 spiro atoms. The molecule has 1 aliphatic carbocycles. The maximum Gasteiger partial charge on any atom is 0.113 e. The molecule has 0 atom stereocenters. The number of hydrogen-bond acceptors (Lipinski definition) is 4. The number of hydrogen-bond donors (Lipinski definition) is 2. The minimum atomic E-state index is 0.156. The molecule has 1 fully saturated rings. The number of piperidine rings is 1. The summed E-state index contributed by atoms with van der Waals surface area (Å²) in [4.78, 5) is 6.59. The third-order valence-electron chi connectivity index (χ3n) is 4.43. The SMILES string of the molecule is CCCNC1(c2nc3c(s2)CCCC3)CCNCC1. The van der Waals surface area contributed by atoms with Crippen molar-refractivity contribution in [2.24, 2.45) is 0 Å². The molecule has 0 aromatic carbocycles. The molecule has 2 N–H and O–H groups in total. The molecule has 1 aromatic rings. The van der Waals surface area contributed by atoms with Gasteiger partial charge in [0.1, 0.15) is 5.01 Å². The Labute approximate surface area is 120 Å². The van der Waals surface area contributed by atoms with Gasteiger partial charge in [0.2, 0.25) is 0 Å². The predicted octanol–water partition coefficient (Wildman–Crippen LogP) is 2.60.